The van der Waals surface area contributed by atoms with Crippen molar-refractivity contribution in [3.05, 3.63) is 54.1 Å². The van der Waals surface area contributed by atoms with Gasteiger partial charge in [-0.25, -0.2) is 4.98 Å². The molecule has 0 aliphatic carbocycles. The number of aromatic nitrogens is 5. The predicted molar refractivity (Wildman–Crippen MR) is 129 cm³/mol. The highest BCUT2D eigenvalue weighted by molar-refractivity contribution is 8.01. The van der Waals surface area contributed by atoms with Crippen LogP contribution >= 0.6 is 11.9 Å². The molecule has 0 spiro atoms. The zero-order chi connectivity index (χ0) is 24.8. The van der Waals surface area contributed by atoms with Crippen LogP contribution in [0.15, 0.2) is 47.0 Å². The fourth-order valence-electron chi connectivity index (χ4n) is 2.98. The van der Waals surface area contributed by atoms with Crippen LogP contribution in [-0.4, -0.2) is 56.4 Å². The highest BCUT2D eigenvalue weighted by atomic mass is 32.2. The van der Waals surface area contributed by atoms with E-state index in [1.54, 1.807) is 24.7 Å². The molecule has 3 rings (SSSR count). The molecule has 0 aromatic carbocycles. The molecule has 2 unspecified atom stereocenters. The van der Waals surface area contributed by atoms with Crippen LogP contribution in [0.2, 0.25) is 0 Å². The highest BCUT2D eigenvalue weighted by Gasteiger charge is 2.26. The second kappa shape index (κ2) is 11.1. The fourth-order valence-corrected chi connectivity index (χ4v) is 3.67. The van der Waals surface area contributed by atoms with E-state index in [0.29, 0.717) is 46.3 Å². The lowest BCUT2D eigenvalue weighted by atomic mass is 10.2. The van der Waals surface area contributed by atoms with Gasteiger partial charge in [-0.15, -0.1) is 10.2 Å². The first-order valence-electron chi connectivity index (χ1n) is 10.3. The molecule has 0 radical (unpaired) electrons. The van der Waals surface area contributed by atoms with E-state index in [4.69, 9.17) is 18.6 Å². The van der Waals surface area contributed by atoms with Gasteiger partial charge in [0.1, 0.15) is 29.1 Å². The lowest BCUT2D eigenvalue weighted by molar-refractivity contribution is 0.174. The van der Waals surface area contributed by atoms with Gasteiger partial charge in [0.05, 0.1) is 44.7 Å². The maximum absolute atomic E-state index is 10.7. The summed E-state index contributed by atoms with van der Waals surface area (Å²) in [4.78, 5) is 8.31. The highest BCUT2D eigenvalue weighted by Crippen LogP contribution is 2.34. The molecule has 0 amide bonds. The summed E-state index contributed by atoms with van der Waals surface area (Å²) in [7, 11) is 4.57. The molecule has 11 nitrogen and oxygen atoms in total. The van der Waals surface area contributed by atoms with Gasteiger partial charge in [0, 0.05) is 0 Å². The number of ether oxygens (including phenoxy) is 3. The van der Waals surface area contributed by atoms with Crippen LogP contribution in [0, 0.1) is 6.92 Å². The minimum atomic E-state index is -0.899. The minimum absolute atomic E-state index is 0.330. The van der Waals surface area contributed by atoms with Crippen molar-refractivity contribution in [2.24, 2.45) is 0 Å². The summed E-state index contributed by atoms with van der Waals surface area (Å²) in [6, 6.07) is 3.64. The zero-order valence-corrected chi connectivity index (χ0v) is 20.7. The van der Waals surface area contributed by atoms with E-state index in [1.165, 1.54) is 38.6 Å². The molecule has 0 bridgehead atoms. The monoisotopic (exact) mass is 488 g/mol. The van der Waals surface area contributed by atoms with Crippen LogP contribution < -0.4 is 9.46 Å². The van der Waals surface area contributed by atoms with E-state index in [2.05, 4.69) is 31.5 Å². The number of allylic oxidation sites excluding steroid dienone is 2. The first-order chi connectivity index (χ1) is 16.3. The number of furan rings is 1. The topological polar surface area (TPSA) is 130 Å². The molecule has 0 fully saturated rings. The summed E-state index contributed by atoms with van der Waals surface area (Å²) >= 11 is 1.24. The molecule has 3 aromatic heterocycles. The van der Waals surface area contributed by atoms with Crippen molar-refractivity contribution in [2.75, 3.05) is 26.1 Å². The summed E-state index contributed by atoms with van der Waals surface area (Å²) in [6.07, 6.45) is 2.04. The minimum Gasteiger partial charge on any atom is -0.499 e. The Morgan fingerprint density at radius 2 is 1.94 bits per heavy atom. The molecule has 3 heterocycles. The number of hydrogen-bond donors (Lipinski definition) is 2. The molecule has 0 saturated heterocycles. The summed E-state index contributed by atoms with van der Waals surface area (Å²) in [6.45, 7) is 9.46. The Morgan fingerprint density at radius 3 is 2.50 bits per heavy atom. The van der Waals surface area contributed by atoms with Gasteiger partial charge in [0.2, 0.25) is 17.7 Å². The van der Waals surface area contributed by atoms with Gasteiger partial charge in [-0.3, -0.25) is 14.3 Å². The summed E-state index contributed by atoms with van der Waals surface area (Å²) < 4.78 is 26.6. The normalized spacial score (nSPS) is 13.6. The fraction of sp³-hybridized carbons (Fsp3) is 0.364. The third kappa shape index (κ3) is 5.34. The van der Waals surface area contributed by atoms with Crippen molar-refractivity contribution in [3.8, 4) is 17.5 Å². The number of rotatable bonds is 11. The molecule has 0 aliphatic heterocycles. The van der Waals surface area contributed by atoms with E-state index in [-0.39, 0.29) is 5.25 Å². The Labute approximate surface area is 202 Å². The molecule has 0 saturated carbocycles. The third-order valence-corrected chi connectivity index (χ3v) is 5.87. The molecule has 2 N–H and O–H groups in total. The van der Waals surface area contributed by atoms with Gasteiger partial charge >= 0.3 is 0 Å². The van der Waals surface area contributed by atoms with Gasteiger partial charge in [-0.2, -0.15) is 0 Å². The Kier molecular flexibility index (Phi) is 8.18. The average Bonchev–Trinajstić information content (AvgIpc) is 3.47. The lowest BCUT2D eigenvalue weighted by Gasteiger charge is -2.20. The van der Waals surface area contributed by atoms with E-state index < -0.39 is 6.10 Å². The molecule has 2 atom stereocenters. The van der Waals surface area contributed by atoms with Gasteiger partial charge in [0.15, 0.2) is 5.76 Å². The SMILES string of the molecule is C=C(OC)/C(=C(\C)OC)n1c(NSC(C)C(O)c2cnc(OC)cn2)nnc1-c1ccc(C)o1. The molecular formula is C22H28N6O5S. The van der Waals surface area contributed by atoms with Crippen molar-refractivity contribution in [3.63, 3.8) is 0 Å². The first kappa shape index (κ1) is 25.1. The van der Waals surface area contributed by atoms with E-state index in [1.807, 2.05) is 19.9 Å². The van der Waals surface area contributed by atoms with Crippen LogP contribution in [0.3, 0.4) is 0 Å². The lowest BCUT2D eigenvalue weighted by Crippen LogP contribution is -2.16. The van der Waals surface area contributed by atoms with Crippen LogP contribution in [0.5, 0.6) is 5.88 Å². The summed E-state index contributed by atoms with van der Waals surface area (Å²) in [5.74, 6) is 3.27. The Morgan fingerprint density at radius 1 is 1.18 bits per heavy atom. The second-order valence-corrected chi connectivity index (χ2v) is 8.37. The van der Waals surface area contributed by atoms with Gasteiger partial charge in [-0.05, 0) is 44.9 Å². The number of hydrogen-bond acceptors (Lipinski definition) is 11. The van der Waals surface area contributed by atoms with Crippen LogP contribution in [0.1, 0.15) is 31.4 Å². The maximum atomic E-state index is 10.7. The molecule has 34 heavy (non-hydrogen) atoms. The van der Waals surface area contributed by atoms with E-state index in [9.17, 15) is 5.11 Å². The number of nitrogens with zero attached hydrogens (tertiary/aromatic N) is 5. The van der Waals surface area contributed by atoms with E-state index >= 15 is 0 Å². The number of anilines is 1. The average molecular weight is 489 g/mol. The summed E-state index contributed by atoms with van der Waals surface area (Å²) in [5, 5.41) is 19.0. The van der Waals surface area contributed by atoms with Crippen molar-refractivity contribution < 1.29 is 23.7 Å². The van der Waals surface area contributed by atoms with Crippen molar-refractivity contribution in [1.29, 1.82) is 0 Å². The van der Waals surface area contributed by atoms with E-state index in [0.717, 1.165) is 5.76 Å². The zero-order valence-electron chi connectivity index (χ0n) is 19.9. The Hall–Kier alpha value is -3.51. The second-order valence-electron chi connectivity index (χ2n) is 7.18. The van der Waals surface area contributed by atoms with Crippen LogP contribution in [0.4, 0.5) is 5.95 Å². The van der Waals surface area contributed by atoms with Crippen molar-refractivity contribution in [1.82, 2.24) is 24.7 Å². The molecule has 3 aromatic rings. The smallest absolute Gasteiger partial charge is 0.239 e. The standard InChI is InChI=1S/C22H28N6O5S/c1-12-8-9-17(33-12)21-25-26-22(28(21)19(13(2)30-5)14(3)31-6)27-34-15(4)20(29)16-10-24-18(32-7)11-23-16/h8-11,15,20,29H,2H2,1,3-7H3,(H,26,27)/b19-14-. The van der Waals surface area contributed by atoms with Crippen molar-refractivity contribution in [2.45, 2.75) is 32.1 Å². The largest absolute Gasteiger partial charge is 0.499 e. The Bertz CT molecular complexity index is 1160. The summed E-state index contributed by atoms with van der Waals surface area (Å²) in [5.41, 5.74) is 0.927. The van der Waals surface area contributed by atoms with Gasteiger partial charge in [0.25, 0.3) is 0 Å². The third-order valence-electron chi connectivity index (χ3n) is 4.94. The quantitative estimate of drug-likeness (QED) is 0.232. The Balaban J connectivity index is 1.93. The number of aliphatic hydroxyl groups excluding tert-OH is 1. The van der Waals surface area contributed by atoms with Crippen LogP contribution in [-0.2, 0) is 9.47 Å². The van der Waals surface area contributed by atoms with Crippen LogP contribution in [0.25, 0.3) is 17.3 Å². The first-order valence-corrected chi connectivity index (χ1v) is 11.1. The number of nitrogens with one attached hydrogen (secondary N) is 1. The maximum Gasteiger partial charge on any atom is 0.239 e. The molecule has 182 valence electrons. The molecular weight excluding hydrogens is 460 g/mol. The van der Waals surface area contributed by atoms with Gasteiger partial charge in [-0.1, -0.05) is 6.58 Å². The molecule has 0 aliphatic rings. The van der Waals surface area contributed by atoms with Crippen molar-refractivity contribution >= 4 is 23.6 Å². The van der Waals surface area contributed by atoms with Gasteiger partial charge < -0.3 is 23.7 Å². The number of methoxy groups -OCH3 is 3. The molecule has 12 heteroatoms. The predicted octanol–water partition coefficient (Wildman–Crippen LogP) is 3.82. The number of aliphatic hydroxyl groups is 1. The number of aryl methyl sites for hydroxylation is 1.